The molecule has 9 aromatic rings. The van der Waals surface area contributed by atoms with Gasteiger partial charge in [-0.1, -0.05) is 146 Å². The SMILES string of the molecule is Cc1cc(N(c2ccccc2)c2cccc3ccccc23)ccc1-c1ccc(-c2ccc(N(c3ccccc3)c3cccc4ccccc34)cc2C)cc1. The first-order valence-corrected chi connectivity index (χ1v) is 18.6. The van der Waals surface area contributed by atoms with E-state index in [1.54, 1.807) is 0 Å². The molecule has 0 bridgehead atoms. The van der Waals surface area contributed by atoms with Crippen molar-refractivity contribution in [3.63, 3.8) is 0 Å². The van der Waals surface area contributed by atoms with Gasteiger partial charge in [0.25, 0.3) is 0 Å². The number of benzene rings is 9. The van der Waals surface area contributed by atoms with Crippen LogP contribution >= 0.6 is 0 Å². The maximum Gasteiger partial charge on any atom is 0.0540 e. The van der Waals surface area contributed by atoms with Crippen LogP contribution in [-0.2, 0) is 0 Å². The van der Waals surface area contributed by atoms with Crippen molar-refractivity contribution in [1.82, 2.24) is 0 Å². The fraction of sp³-hybridized carbons (Fsp3) is 0.0385. The van der Waals surface area contributed by atoms with Gasteiger partial charge in [-0.25, -0.2) is 0 Å². The second kappa shape index (κ2) is 14.3. The van der Waals surface area contributed by atoms with Crippen molar-refractivity contribution >= 4 is 55.7 Å². The van der Waals surface area contributed by atoms with Crippen molar-refractivity contribution in [2.75, 3.05) is 9.80 Å². The molecule has 0 unspecified atom stereocenters. The van der Waals surface area contributed by atoms with Crippen LogP contribution in [-0.4, -0.2) is 0 Å². The Balaban J connectivity index is 1.04. The summed E-state index contributed by atoms with van der Waals surface area (Å²) in [6.45, 7) is 4.44. The molecule has 0 spiro atoms. The van der Waals surface area contributed by atoms with Crippen molar-refractivity contribution < 1.29 is 0 Å². The Morgan fingerprint density at radius 3 is 1.07 bits per heavy atom. The molecule has 0 aliphatic carbocycles. The predicted octanol–water partition coefficient (Wildman–Crippen LogP) is 14.9. The van der Waals surface area contributed by atoms with Crippen LogP contribution < -0.4 is 9.80 Å². The lowest BCUT2D eigenvalue weighted by Gasteiger charge is -2.27. The fourth-order valence-corrected chi connectivity index (χ4v) is 7.87. The summed E-state index contributed by atoms with van der Waals surface area (Å²) < 4.78 is 0. The molecular weight excluding hydrogens is 653 g/mol. The van der Waals surface area contributed by atoms with E-state index < -0.39 is 0 Å². The van der Waals surface area contributed by atoms with E-state index >= 15 is 0 Å². The molecule has 0 saturated carbocycles. The monoisotopic (exact) mass is 692 g/mol. The van der Waals surface area contributed by atoms with Crippen LogP contribution in [0.1, 0.15) is 11.1 Å². The minimum Gasteiger partial charge on any atom is -0.310 e. The van der Waals surface area contributed by atoms with Gasteiger partial charge in [0, 0.05) is 33.5 Å². The highest BCUT2D eigenvalue weighted by Crippen LogP contribution is 2.42. The molecule has 0 N–H and O–H groups in total. The first kappa shape index (κ1) is 33.0. The van der Waals surface area contributed by atoms with Gasteiger partial charge in [0.05, 0.1) is 11.4 Å². The molecule has 2 heteroatoms. The normalized spacial score (nSPS) is 11.1. The quantitative estimate of drug-likeness (QED) is 0.156. The van der Waals surface area contributed by atoms with Crippen LogP contribution in [0.2, 0.25) is 0 Å². The average Bonchev–Trinajstić information content (AvgIpc) is 3.22. The van der Waals surface area contributed by atoms with E-state index in [9.17, 15) is 0 Å². The summed E-state index contributed by atoms with van der Waals surface area (Å²) in [6, 6.07) is 74.3. The summed E-state index contributed by atoms with van der Waals surface area (Å²) in [5.74, 6) is 0. The highest BCUT2D eigenvalue weighted by molar-refractivity contribution is 6.00. The molecule has 9 rings (SSSR count). The molecule has 0 aromatic heterocycles. The van der Waals surface area contributed by atoms with Gasteiger partial charge >= 0.3 is 0 Å². The number of fused-ring (bicyclic) bond motifs is 2. The Bertz CT molecular complexity index is 2530. The van der Waals surface area contributed by atoms with Crippen molar-refractivity contribution in [2.45, 2.75) is 13.8 Å². The molecule has 0 fully saturated rings. The highest BCUT2D eigenvalue weighted by atomic mass is 15.1. The third kappa shape index (κ3) is 6.18. The van der Waals surface area contributed by atoms with Crippen LogP contribution in [0, 0.1) is 13.8 Å². The zero-order valence-electron chi connectivity index (χ0n) is 30.5. The van der Waals surface area contributed by atoms with E-state index in [-0.39, 0.29) is 0 Å². The van der Waals surface area contributed by atoms with Gasteiger partial charge in [0.2, 0.25) is 0 Å². The van der Waals surface area contributed by atoms with E-state index in [1.807, 2.05) is 0 Å². The van der Waals surface area contributed by atoms with Crippen molar-refractivity contribution in [3.05, 3.63) is 217 Å². The Kier molecular flexibility index (Phi) is 8.70. The molecule has 0 amide bonds. The topological polar surface area (TPSA) is 6.48 Å². The second-order valence-corrected chi connectivity index (χ2v) is 13.9. The summed E-state index contributed by atoms with van der Waals surface area (Å²) >= 11 is 0. The van der Waals surface area contributed by atoms with E-state index in [0.29, 0.717) is 0 Å². The fourth-order valence-electron chi connectivity index (χ4n) is 7.87. The maximum absolute atomic E-state index is 2.37. The molecule has 0 saturated heterocycles. The van der Waals surface area contributed by atoms with Crippen LogP contribution in [0.5, 0.6) is 0 Å². The van der Waals surface area contributed by atoms with Crippen LogP contribution in [0.4, 0.5) is 34.1 Å². The Morgan fingerprint density at radius 1 is 0.296 bits per heavy atom. The van der Waals surface area contributed by atoms with Gasteiger partial charge in [0.15, 0.2) is 0 Å². The lowest BCUT2D eigenvalue weighted by atomic mass is 9.95. The molecule has 0 heterocycles. The lowest BCUT2D eigenvalue weighted by molar-refractivity contribution is 1.28. The molecule has 0 atom stereocenters. The van der Waals surface area contributed by atoms with E-state index in [2.05, 4.69) is 230 Å². The van der Waals surface area contributed by atoms with Gasteiger partial charge in [-0.15, -0.1) is 0 Å². The minimum atomic E-state index is 1.13. The first-order chi connectivity index (χ1) is 26.6. The van der Waals surface area contributed by atoms with Crippen molar-refractivity contribution in [1.29, 1.82) is 0 Å². The smallest absolute Gasteiger partial charge is 0.0540 e. The zero-order chi connectivity index (χ0) is 36.4. The maximum atomic E-state index is 2.37. The van der Waals surface area contributed by atoms with Gasteiger partial charge < -0.3 is 9.80 Å². The van der Waals surface area contributed by atoms with Gasteiger partial charge in [-0.2, -0.15) is 0 Å². The second-order valence-electron chi connectivity index (χ2n) is 13.9. The Hall–Kier alpha value is -6.90. The summed E-state index contributed by atoms with van der Waals surface area (Å²) in [6.07, 6.45) is 0. The molecule has 2 nitrogen and oxygen atoms in total. The number of para-hydroxylation sites is 2. The van der Waals surface area contributed by atoms with E-state index in [4.69, 9.17) is 0 Å². The Labute approximate surface area is 317 Å². The molecule has 54 heavy (non-hydrogen) atoms. The van der Waals surface area contributed by atoms with Crippen LogP contribution in [0.3, 0.4) is 0 Å². The largest absolute Gasteiger partial charge is 0.310 e. The average molecular weight is 693 g/mol. The van der Waals surface area contributed by atoms with Crippen molar-refractivity contribution in [3.8, 4) is 22.3 Å². The van der Waals surface area contributed by atoms with Gasteiger partial charge in [0.1, 0.15) is 0 Å². The minimum absolute atomic E-state index is 1.13. The van der Waals surface area contributed by atoms with Crippen LogP contribution in [0.25, 0.3) is 43.8 Å². The molecule has 0 radical (unpaired) electrons. The van der Waals surface area contributed by atoms with Gasteiger partial charge in [-0.05, 0) is 119 Å². The number of aryl methyl sites for hydroxylation is 2. The standard InChI is InChI=1S/C52H40N2/c1-37-35-45(53(43-19-5-3-6-20-43)51-25-13-17-39-15-9-11-23-49(39)51)31-33-47(37)41-27-29-42(30-28-41)48-34-32-46(36-38(48)2)54(44-21-7-4-8-22-44)52-26-14-18-40-16-10-12-24-50(40)52/h3-36H,1-2H3. The third-order valence-corrected chi connectivity index (χ3v) is 10.5. The zero-order valence-corrected chi connectivity index (χ0v) is 30.5. The van der Waals surface area contributed by atoms with Crippen LogP contribution in [0.15, 0.2) is 206 Å². The molecular formula is C52H40N2. The molecule has 258 valence electrons. The number of nitrogens with zero attached hydrogens (tertiary/aromatic N) is 2. The first-order valence-electron chi connectivity index (χ1n) is 18.6. The number of rotatable bonds is 8. The number of hydrogen-bond acceptors (Lipinski definition) is 2. The number of anilines is 6. The predicted molar refractivity (Wildman–Crippen MR) is 231 cm³/mol. The summed E-state index contributed by atoms with van der Waals surface area (Å²) in [5.41, 5.74) is 14.2. The highest BCUT2D eigenvalue weighted by Gasteiger charge is 2.18. The summed E-state index contributed by atoms with van der Waals surface area (Å²) in [7, 11) is 0. The lowest BCUT2D eigenvalue weighted by Crippen LogP contribution is -2.10. The van der Waals surface area contributed by atoms with E-state index in [0.717, 1.165) is 22.7 Å². The Morgan fingerprint density at radius 2 is 0.667 bits per heavy atom. The van der Waals surface area contributed by atoms with E-state index in [1.165, 1.54) is 66.3 Å². The number of hydrogen-bond donors (Lipinski definition) is 0. The van der Waals surface area contributed by atoms with Crippen molar-refractivity contribution in [2.24, 2.45) is 0 Å². The molecule has 9 aromatic carbocycles. The third-order valence-electron chi connectivity index (χ3n) is 10.5. The summed E-state index contributed by atoms with van der Waals surface area (Å²) in [4.78, 5) is 4.74. The molecule has 0 aliphatic heterocycles. The van der Waals surface area contributed by atoms with Gasteiger partial charge in [-0.3, -0.25) is 0 Å². The summed E-state index contributed by atoms with van der Waals surface area (Å²) in [5, 5.41) is 4.91. The molecule has 0 aliphatic rings.